The highest BCUT2D eigenvalue weighted by Crippen LogP contribution is 2.11. The molecule has 84 valence electrons. The first-order chi connectivity index (χ1) is 7.33. The van der Waals surface area contributed by atoms with Crippen molar-refractivity contribution in [2.45, 2.75) is 6.42 Å². The lowest BCUT2D eigenvalue weighted by Crippen LogP contribution is -2.07. The molecular formula is C11H18N2O2. The predicted octanol–water partition coefficient (Wildman–Crippen LogP) is 1.08. The second-order valence-corrected chi connectivity index (χ2v) is 3.24. The number of nitrogens with two attached hydrogens (primary N) is 1. The van der Waals surface area contributed by atoms with Crippen molar-refractivity contribution in [3.05, 3.63) is 24.3 Å². The van der Waals surface area contributed by atoms with Crippen LogP contribution >= 0.6 is 0 Å². The van der Waals surface area contributed by atoms with E-state index in [1.54, 1.807) is 0 Å². The van der Waals surface area contributed by atoms with Crippen LogP contribution in [0.15, 0.2) is 24.3 Å². The zero-order valence-electron chi connectivity index (χ0n) is 8.78. The van der Waals surface area contributed by atoms with Gasteiger partial charge in [0, 0.05) is 24.5 Å². The first-order valence-electron chi connectivity index (χ1n) is 5.11. The van der Waals surface area contributed by atoms with Crippen LogP contribution in [0.1, 0.15) is 6.42 Å². The lowest BCUT2D eigenvalue weighted by molar-refractivity contribution is 0.0922. The number of hydrogen-bond acceptors (Lipinski definition) is 4. The fourth-order valence-electron chi connectivity index (χ4n) is 1.22. The molecule has 0 atom stereocenters. The Morgan fingerprint density at radius 1 is 1.33 bits per heavy atom. The molecule has 0 amide bonds. The van der Waals surface area contributed by atoms with Crippen LogP contribution in [0.4, 0.5) is 11.4 Å². The maximum Gasteiger partial charge on any atom is 0.0697 e. The maximum absolute atomic E-state index is 8.48. The summed E-state index contributed by atoms with van der Waals surface area (Å²) >= 11 is 0. The van der Waals surface area contributed by atoms with Crippen molar-refractivity contribution in [1.82, 2.24) is 0 Å². The Labute approximate surface area is 90.1 Å². The standard InChI is InChI=1S/C11H18N2O2/c12-10-3-1-4-11(9-10)13-5-2-7-15-8-6-14/h1,3-4,9,13-14H,2,5-8,12H2. The summed E-state index contributed by atoms with van der Waals surface area (Å²) in [5.41, 5.74) is 7.42. The van der Waals surface area contributed by atoms with E-state index in [1.165, 1.54) is 0 Å². The van der Waals surface area contributed by atoms with Crippen molar-refractivity contribution in [2.75, 3.05) is 37.4 Å². The van der Waals surface area contributed by atoms with Crippen LogP contribution in [-0.2, 0) is 4.74 Å². The van der Waals surface area contributed by atoms with Crippen molar-refractivity contribution in [3.8, 4) is 0 Å². The molecule has 0 bridgehead atoms. The van der Waals surface area contributed by atoms with Gasteiger partial charge in [0.2, 0.25) is 0 Å². The van der Waals surface area contributed by atoms with Gasteiger partial charge in [-0.1, -0.05) is 6.07 Å². The van der Waals surface area contributed by atoms with E-state index in [0.717, 1.165) is 24.3 Å². The summed E-state index contributed by atoms with van der Waals surface area (Å²) in [5, 5.41) is 11.7. The smallest absolute Gasteiger partial charge is 0.0697 e. The molecule has 4 N–H and O–H groups in total. The normalized spacial score (nSPS) is 10.2. The molecular weight excluding hydrogens is 192 g/mol. The van der Waals surface area contributed by atoms with Gasteiger partial charge < -0.3 is 20.9 Å². The van der Waals surface area contributed by atoms with Gasteiger partial charge in [0.1, 0.15) is 0 Å². The molecule has 1 aromatic carbocycles. The van der Waals surface area contributed by atoms with Gasteiger partial charge >= 0.3 is 0 Å². The van der Waals surface area contributed by atoms with E-state index in [1.807, 2.05) is 24.3 Å². The van der Waals surface area contributed by atoms with E-state index in [0.29, 0.717) is 13.2 Å². The maximum atomic E-state index is 8.48. The lowest BCUT2D eigenvalue weighted by atomic mass is 10.3. The third-order valence-corrected chi connectivity index (χ3v) is 1.92. The van der Waals surface area contributed by atoms with Crippen molar-refractivity contribution >= 4 is 11.4 Å². The van der Waals surface area contributed by atoms with Gasteiger partial charge in [-0.05, 0) is 24.6 Å². The SMILES string of the molecule is Nc1cccc(NCCCOCCO)c1. The summed E-state index contributed by atoms with van der Waals surface area (Å²) in [6.45, 7) is 2.01. The van der Waals surface area contributed by atoms with Gasteiger partial charge in [-0.25, -0.2) is 0 Å². The summed E-state index contributed by atoms with van der Waals surface area (Å²) in [6.07, 6.45) is 0.912. The quantitative estimate of drug-likeness (QED) is 0.465. The Morgan fingerprint density at radius 3 is 2.93 bits per heavy atom. The van der Waals surface area contributed by atoms with E-state index >= 15 is 0 Å². The molecule has 15 heavy (non-hydrogen) atoms. The number of aliphatic hydroxyl groups is 1. The predicted molar refractivity (Wildman–Crippen MR) is 61.9 cm³/mol. The minimum absolute atomic E-state index is 0.0860. The van der Waals surface area contributed by atoms with Crippen LogP contribution in [0.5, 0.6) is 0 Å². The molecule has 0 aliphatic carbocycles. The van der Waals surface area contributed by atoms with Crippen molar-refractivity contribution < 1.29 is 9.84 Å². The number of nitrogen functional groups attached to an aromatic ring is 1. The van der Waals surface area contributed by atoms with E-state index in [-0.39, 0.29) is 6.61 Å². The average molecular weight is 210 g/mol. The fraction of sp³-hybridized carbons (Fsp3) is 0.455. The van der Waals surface area contributed by atoms with Gasteiger partial charge in [-0.3, -0.25) is 0 Å². The molecule has 0 aromatic heterocycles. The molecule has 0 fully saturated rings. The van der Waals surface area contributed by atoms with E-state index < -0.39 is 0 Å². The zero-order chi connectivity index (χ0) is 10.9. The number of nitrogens with one attached hydrogen (secondary N) is 1. The molecule has 1 rings (SSSR count). The Hall–Kier alpha value is -1.26. The molecule has 0 heterocycles. The average Bonchev–Trinajstić information content (AvgIpc) is 2.23. The molecule has 0 spiro atoms. The monoisotopic (exact) mass is 210 g/mol. The highest BCUT2D eigenvalue weighted by molar-refractivity contribution is 5.53. The van der Waals surface area contributed by atoms with Gasteiger partial charge in [0.25, 0.3) is 0 Å². The van der Waals surface area contributed by atoms with Crippen LogP contribution in [0, 0.1) is 0 Å². The topological polar surface area (TPSA) is 67.5 Å². The number of hydrogen-bond donors (Lipinski definition) is 3. The fourth-order valence-corrected chi connectivity index (χ4v) is 1.22. The first kappa shape index (κ1) is 11.8. The van der Waals surface area contributed by atoms with Crippen LogP contribution in [0.25, 0.3) is 0 Å². The molecule has 0 saturated carbocycles. The van der Waals surface area contributed by atoms with E-state index in [9.17, 15) is 0 Å². The number of anilines is 2. The zero-order valence-corrected chi connectivity index (χ0v) is 8.78. The second-order valence-electron chi connectivity index (χ2n) is 3.24. The third-order valence-electron chi connectivity index (χ3n) is 1.92. The van der Waals surface area contributed by atoms with Crippen LogP contribution in [0.3, 0.4) is 0 Å². The summed E-state index contributed by atoms with van der Waals surface area (Å²) in [4.78, 5) is 0. The number of benzene rings is 1. The van der Waals surface area contributed by atoms with Gasteiger partial charge in [0.15, 0.2) is 0 Å². The Balaban J connectivity index is 2.10. The molecule has 0 saturated heterocycles. The number of ether oxygens (including phenoxy) is 1. The molecule has 0 unspecified atom stereocenters. The summed E-state index contributed by atoms with van der Waals surface area (Å²) < 4.78 is 5.13. The minimum atomic E-state index is 0.0860. The van der Waals surface area contributed by atoms with Gasteiger partial charge in [-0.15, -0.1) is 0 Å². The van der Waals surface area contributed by atoms with Gasteiger partial charge in [0.05, 0.1) is 13.2 Å². The Morgan fingerprint density at radius 2 is 2.20 bits per heavy atom. The highest BCUT2D eigenvalue weighted by Gasteiger charge is 1.92. The molecule has 0 aliphatic rings. The molecule has 1 aromatic rings. The summed E-state index contributed by atoms with van der Waals surface area (Å²) in [7, 11) is 0. The Bertz CT molecular complexity index is 279. The van der Waals surface area contributed by atoms with Crippen molar-refractivity contribution in [2.24, 2.45) is 0 Å². The lowest BCUT2D eigenvalue weighted by Gasteiger charge is -2.07. The van der Waals surface area contributed by atoms with Crippen molar-refractivity contribution in [3.63, 3.8) is 0 Å². The highest BCUT2D eigenvalue weighted by atomic mass is 16.5. The van der Waals surface area contributed by atoms with E-state index in [2.05, 4.69) is 5.32 Å². The first-order valence-corrected chi connectivity index (χ1v) is 5.11. The van der Waals surface area contributed by atoms with E-state index in [4.69, 9.17) is 15.6 Å². The van der Waals surface area contributed by atoms with Crippen LogP contribution in [-0.4, -0.2) is 31.5 Å². The third kappa shape index (κ3) is 5.24. The number of aliphatic hydroxyl groups excluding tert-OH is 1. The van der Waals surface area contributed by atoms with Crippen LogP contribution < -0.4 is 11.1 Å². The molecule has 4 nitrogen and oxygen atoms in total. The minimum Gasteiger partial charge on any atom is -0.399 e. The largest absolute Gasteiger partial charge is 0.399 e. The Kier molecular flexibility index (Phi) is 5.58. The second kappa shape index (κ2) is 7.09. The van der Waals surface area contributed by atoms with Crippen LogP contribution in [0.2, 0.25) is 0 Å². The summed E-state index contributed by atoms with van der Waals surface area (Å²) in [6, 6.07) is 7.65. The van der Waals surface area contributed by atoms with Gasteiger partial charge in [-0.2, -0.15) is 0 Å². The molecule has 0 aliphatic heterocycles. The molecule has 0 radical (unpaired) electrons. The summed E-state index contributed by atoms with van der Waals surface area (Å²) in [5.74, 6) is 0. The number of rotatable bonds is 7. The van der Waals surface area contributed by atoms with Crippen molar-refractivity contribution in [1.29, 1.82) is 0 Å². The molecule has 4 heteroatoms.